The van der Waals surface area contributed by atoms with Gasteiger partial charge in [0.25, 0.3) is 0 Å². The number of sulfonamides is 1. The predicted octanol–water partition coefficient (Wildman–Crippen LogP) is 2.51. The Balaban J connectivity index is 1.85. The van der Waals surface area contributed by atoms with E-state index >= 15 is 0 Å². The number of benzene rings is 1. The molecule has 1 atom stereocenters. The second-order valence-corrected chi connectivity index (χ2v) is 9.92. The van der Waals surface area contributed by atoms with Gasteiger partial charge in [-0.25, -0.2) is 13.1 Å². The summed E-state index contributed by atoms with van der Waals surface area (Å²) < 4.78 is 30.3. The van der Waals surface area contributed by atoms with Gasteiger partial charge in [0.2, 0.25) is 10.0 Å². The number of hydrogen-bond donors (Lipinski definition) is 2. The Morgan fingerprint density at radius 2 is 1.85 bits per heavy atom. The Morgan fingerprint density at radius 1 is 1.23 bits per heavy atom. The molecule has 1 unspecified atom stereocenters. The molecular formula is C19H27N3O3S. The lowest BCUT2D eigenvalue weighted by Crippen LogP contribution is -2.41. The highest BCUT2D eigenvalue weighted by Gasteiger charge is 2.37. The van der Waals surface area contributed by atoms with Crippen molar-refractivity contribution in [1.82, 2.24) is 14.5 Å². The maximum Gasteiger partial charge on any atom is 0.241 e. The van der Waals surface area contributed by atoms with Gasteiger partial charge in [-0.2, -0.15) is 5.10 Å². The zero-order valence-corrected chi connectivity index (χ0v) is 16.5. The number of nitrogens with one attached hydrogen (secondary N) is 1. The first-order valence-electron chi connectivity index (χ1n) is 8.86. The number of nitrogens with zero attached hydrogens (tertiary/aromatic N) is 2. The standard InChI is InChI=1S/C19H27N3O3S/c1-19(2,3)15-5-7-17(8-6-15)26(24,25)21-18(13-9-16(23)10-13)14-11-20-22(4)12-14/h5-8,11-13,16,18,21,23H,9-10H2,1-4H3. The van der Waals surface area contributed by atoms with Gasteiger partial charge in [-0.15, -0.1) is 0 Å². The van der Waals surface area contributed by atoms with Gasteiger partial charge in [-0.3, -0.25) is 4.68 Å². The first kappa shape index (κ1) is 19.1. The van der Waals surface area contributed by atoms with Crippen LogP contribution in [-0.2, 0) is 22.5 Å². The minimum absolute atomic E-state index is 0.0317. The number of rotatable bonds is 5. The molecule has 1 aromatic carbocycles. The molecule has 1 heterocycles. The molecule has 0 saturated heterocycles. The predicted molar refractivity (Wildman–Crippen MR) is 100 cm³/mol. The summed E-state index contributed by atoms with van der Waals surface area (Å²) in [6, 6.07) is 6.64. The van der Waals surface area contributed by atoms with E-state index in [0.29, 0.717) is 12.8 Å². The van der Waals surface area contributed by atoms with E-state index in [4.69, 9.17) is 0 Å². The van der Waals surface area contributed by atoms with E-state index in [9.17, 15) is 13.5 Å². The highest BCUT2D eigenvalue weighted by atomic mass is 32.2. The molecular weight excluding hydrogens is 350 g/mol. The number of hydrogen-bond acceptors (Lipinski definition) is 4. The summed E-state index contributed by atoms with van der Waals surface area (Å²) in [6.45, 7) is 6.28. The largest absolute Gasteiger partial charge is 0.393 e. The first-order valence-corrected chi connectivity index (χ1v) is 10.3. The van der Waals surface area contributed by atoms with E-state index in [2.05, 4.69) is 30.6 Å². The fourth-order valence-electron chi connectivity index (χ4n) is 3.31. The molecule has 0 aliphatic heterocycles. The van der Waals surface area contributed by atoms with E-state index in [1.807, 2.05) is 18.3 Å². The summed E-state index contributed by atoms with van der Waals surface area (Å²) in [4.78, 5) is 0.249. The van der Waals surface area contributed by atoms with E-state index in [1.165, 1.54) is 0 Å². The summed E-state index contributed by atoms with van der Waals surface area (Å²) in [5.74, 6) is 0.0674. The van der Waals surface area contributed by atoms with Crippen LogP contribution in [0.5, 0.6) is 0 Å². The number of aliphatic hydroxyl groups is 1. The Kier molecular flexibility index (Phi) is 4.98. The minimum Gasteiger partial charge on any atom is -0.393 e. The molecule has 0 bridgehead atoms. The molecule has 0 spiro atoms. The van der Waals surface area contributed by atoms with Gasteiger partial charge in [0.05, 0.1) is 23.2 Å². The van der Waals surface area contributed by atoms with Crippen molar-refractivity contribution in [3.8, 4) is 0 Å². The van der Waals surface area contributed by atoms with Crippen molar-refractivity contribution in [1.29, 1.82) is 0 Å². The third-order valence-electron chi connectivity index (χ3n) is 5.02. The van der Waals surface area contributed by atoms with E-state index in [0.717, 1.165) is 11.1 Å². The van der Waals surface area contributed by atoms with Crippen LogP contribution in [0.3, 0.4) is 0 Å². The smallest absolute Gasteiger partial charge is 0.241 e. The molecule has 0 amide bonds. The van der Waals surface area contributed by atoms with Crippen molar-refractivity contribution in [2.45, 2.75) is 56.1 Å². The second-order valence-electron chi connectivity index (χ2n) is 8.21. The maximum absolute atomic E-state index is 12.9. The molecule has 1 aliphatic carbocycles. The van der Waals surface area contributed by atoms with Gasteiger partial charge < -0.3 is 5.11 Å². The lowest BCUT2D eigenvalue weighted by Gasteiger charge is -2.37. The third kappa shape index (κ3) is 4.00. The maximum atomic E-state index is 12.9. The van der Waals surface area contributed by atoms with Crippen LogP contribution in [0.2, 0.25) is 0 Å². The van der Waals surface area contributed by atoms with Crippen LogP contribution in [0, 0.1) is 5.92 Å². The zero-order valence-electron chi connectivity index (χ0n) is 15.7. The summed E-state index contributed by atoms with van der Waals surface area (Å²) in [5, 5.41) is 13.8. The zero-order chi connectivity index (χ0) is 19.1. The monoisotopic (exact) mass is 377 g/mol. The average Bonchev–Trinajstić information content (AvgIpc) is 2.95. The Morgan fingerprint density at radius 3 is 2.31 bits per heavy atom. The first-order chi connectivity index (χ1) is 12.1. The molecule has 6 nitrogen and oxygen atoms in total. The highest BCUT2D eigenvalue weighted by Crippen LogP contribution is 2.38. The molecule has 0 radical (unpaired) electrons. The van der Waals surface area contributed by atoms with Crippen molar-refractivity contribution in [3.63, 3.8) is 0 Å². The molecule has 7 heteroatoms. The van der Waals surface area contributed by atoms with Crippen molar-refractivity contribution in [3.05, 3.63) is 47.8 Å². The van der Waals surface area contributed by atoms with Crippen LogP contribution in [0.25, 0.3) is 0 Å². The Bertz CT molecular complexity index is 860. The van der Waals surface area contributed by atoms with E-state index < -0.39 is 10.0 Å². The average molecular weight is 378 g/mol. The fourth-order valence-corrected chi connectivity index (χ4v) is 4.60. The van der Waals surface area contributed by atoms with Gasteiger partial charge in [-0.1, -0.05) is 32.9 Å². The fraction of sp³-hybridized carbons (Fsp3) is 0.526. The SMILES string of the molecule is Cn1cc(C(NS(=O)(=O)c2ccc(C(C)(C)C)cc2)C2CC(O)C2)cn1. The van der Waals surface area contributed by atoms with Crippen LogP contribution in [0.15, 0.2) is 41.6 Å². The van der Waals surface area contributed by atoms with Gasteiger partial charge in [0.15, 0.2) is 0 Å². The lowest BCUT2D eigenvalue weighted by atomic mass is 9.76. The van der Waals surface area contributed by atoms with Crippen LogP contribution < -0.4 is 4.72 Å². The van der Waals surface area contributed by atoms with E-state index in [-0.39, 0.29) is 28.4 Å². The summed E-state index contributed by atoms with van der Waals surface area (Å²) in [5.41, 5.74) is 1.87. The molecule has 2 N–H and O–H groups in total. The molecule has 1 aliphatic rings. The summed E-state index contributed by atoms with van der Waals surface area (Å²) in [6.07, 6.45) is 4.33. The van der Waals surface area contributed by atoms with Crippen LogP contribution in [-0.4, -0.2) is 29.4 Å². The third-order valence-corrected chi connectivity index (χ3v) is 6.47. The minimum atomic E-state index is -3.67. The topological polar surface area (TPSA) is 84.2 Å². The second kappa shape index (κ2) is 6.79. The summed E-state index contributed by atoms with van der Waals surface area (Å²) in [7, 11) is -1.87. The van der Waals surface area contributed by atoms with E-state index in [1.54, 1.807) is 30.1 Å². The van der Waals surface area contributed by atoms with Crippen molar-refractivity contribution in [2.75, 3.05) is 0 Å². The normalized spacial score (nSPS) is 22.0. The molecule has 1 fully saturated rings. The van der Waals surface area contributed by atoms with Gasteiger partial charge in [0, 0.05) is 18.8 Å². The Hall–Kier alpha value is -1.70. The van der Waals surface area contributed by atoms with Gasteiger partial charge in [-0.05, 0) is 41.9 Å². The van der Waals surface area contributed by atoms with Crippen molar-refractivity contribution >= 4 is 10.0 Å². The lowest BCUT2D eigenvalue weighted by molar-refractivity contribution is 0.0280. The molecule has 1 aromatic heterocycles. The molecule has 3 rings (SSSR count). The van der Waals surface area contributed by atoms with Crippen molar-refractivity contribution in [2.24, 2.45) is 13.0 Å². The molecule has 1 saturated carbocycles. The summed E-state index contributed by atoms with van der Waals surface area (Å²) >= 11 is 0. The molecule has 26 heavy (non-hydrogen) atoms. The number of aryl methyl sites for hydroxylation is 1. The quantitative estimate of drug-likeness (QED) is 0.838. The molecule has 2 aromatic rings. The van der Waals surface area contributed by atoms with Gasteiger partial charge in [0.1, 0.15) is 0 Å². The Labute approximate surface area is 155 Å². The molecule has 142 valence electrons. The van der Waals surface area contributed by atoms with Gasteiger partial charge >= 0.3 is 0 Å². The van der Waals surface area contributed by atoms with Crippen LogP contribution in [0.4, 0.5) is 0 Å². The van der Waals surface area contributed by atoms with Crippen LogP contribution >= 0.6 is 0 Å². The highest BCUT2D eigenvalue weighted by molar-refractivity contribution is 7.89. The van der Waals surface area contributed by atoms with Crippen molar-refractivity contribution < 1.29 is 13.5 Å². The van der Waals surface area contributed by atoms with Crippen LogP contribution in [0.1, 0.15) is 50.8 Å². The number of aromatic nitrogens is 2. The number of aliphatic hydroxyl groups excluding tert-OH is 1.